The number of anilines is 1. The van der Waals surface area contributed by atoms with Crippen molar-refractivity contribution in [2.75, 3.05) is 12.8 Å². The summed E-state index contributed by atoms with van der Waals surface area (Å²) in [5, 5.41) is 8.67. The summed E-state index contributed by atoms with van der Waals surface area (Å²) < 4.78 is 7.16. The first-order chi connectivity index (χ1) is 13.2. The highest BCUT2D eigenvalue weighted by atomic mass is 32.2. The minimum Gasteiger partial charge on any atom is -0.494 e. The minimum absolute atomic E-state index is 0.749. The second kappa shape index (κ2) is 7.55. The lowest BCUT2D eigenvalue weighted by Gasteiger charge is -2.08. The van der Waals surface area contributed by atoms with Crippen LogP contribution in [0, 0.1) is 0 Å². The van der Waals surface area contributed by atoms with Crippen LogP contribution < -0.4 is 10.5 Å². The Morgan fingerprint density at radius 3 is 2.48 bits per heavy atom. The molecule has 1 heterocycles. The van der Waals surface area contributed by atoms with E-state index in [9.17, 15) is 0 Å². The average Bonchev–Trinajstić information content (AvgIpc) is 3.20. The number of nitrogen functional groups attached to an aromatic ring is 1. The van der Waals surface area contributed by atoms with Crippen LogP contribution in [0.15, 0.2) is 88.8 Å². The van der Waals surface area contributed by atoms with Crippen LogP contribution in [0.4, 0.5) is 5.69 Å². The highest BCUT2D eigenvalue weighted by Crippen LogP contribution is 2.35. The maximum absolute atomic E-state index is 5.78. The fourth-order valence-electron chi connectivity index (χ4n) is 2.75. The molecular formula is C21H18N4OS. The molecule has 0 saturated carbocycles. The number of nitrogens with zero attached hydrogens (tertiary/aromatic N) is 3. The van der Waals surface area contributed by atoms with E-state index in [1.54, 1.807) is 23.6 Å². The molecule has 4 aromatic rings. The van der Waals surface area contributed by atoms with Gasteiger partial charge in [-0.3, -0.25) is 0 Å². The molecule has 0 spiro atoms. The van der Waals surface area contributed by atoms with Gasteiger partial charge in [0.1, 0.15) is 17.1 Å². The number of nitrogens with two attached hydrogens (primary N) is 1. The number of methoxy groups -OCH3 is 1. The Morgan fingerprint density at radius 1 is 0.926 bits per heavy atom. The molecule has 2 N–H and O–H groups in total. The van der Waals surface area contributed by atoms with Crippen LogP contribution in [0.1, 0.15) is 0 Å². The van der Waals surface area contributed by atoms with Gasteiger partial charge in [-0.15, -0.1) is 5.10 Å². The third-order valence-electron chi connectivity index (χ3n) is 4.10. The number of rotatable bonds is 5. The van der Waals surface area contributed by atoms with E-state index in [1.165, 1.54) is 0 Å². The van der Waals surface area contributed by atoms with Gasteiger partial charge in [-0.2, -0.15) is 0 Å². The number of aromatic nitrogens is 3. The summed E-state index contributed by atoms with van der Waals surface area (Å²) in [5.41, 5.74) is 9.22. The maximum Gasteiger partial charge on any atom is 0.144 e. The van der Waals surface area contributed by atoms with Gasteiger partial charge in [0.25, 0.3) is 0 Å². The summed E-state index contributed by atoms with van der Waals surface area (Å²) in [6.45, 7) is 0. The van der Waals surface area contributed by atoms with Gasteiger partial charge >= 0.3 is 0 Å². The second-order valence-electron chi connectivity index (χ2n) is 5.89. The van der Waals surface area contributed by atoms with Crippen molar-refractivity contribution in [1.29, 1.82) is 0 Å². The fourth-order valence-corrected chi connectivity index (χ4v) is 3.71. The molecule has 0 atom stereocenters. The normalized spacial score (nSPS) is 10.7. The quantitative estimate of drug-likeness (QED) is 0.514. The first-order valence-corrected chi connectivity index (χ1v) is 9.25. The number of hydrogen-bond donors (Lipinski definition) is 1. The van der Waals surface area contributed by atoms with Gasteiger partial charge in [-0.1, -0.05) is 47.3 Å². The molecule has 0 aliphatic carbocycles. The molecule has 3 aromatic carbocycles. The van der Waals surface area contributed by atoms with Gasteiger partial charge in [0.15, 0.2) is 0 Å². The van der Waals surface area contributed by atoms with Crippen LogP contribution in [0.5, 0.6) is 5.75 Å². The highest BCUT2D eigenvalue weighted by Gasteiger charge is 2.12. The van der Waals surface area contributed by atoms with Crippen molar-refractivity contribution in [2.24, 2.45) is 0 Å². The van der Waals surface area contributed by atoms with Gasteiger partial charge in [-0.25, -0.2) is 4.68 Å². The van der Waals surface area contributed by atoms with Crippen LogP contribution in [0.3, 0.4) is 0 Å². The van der Waals surface area contributed by atoms with Gasteiger partial charge in [0.2, 0.25) is 0 Å². The predicted molar refractivity (Wildman–Crippen MR) is 108 cm³/mol. The van der Waals surface area contributed by atoms with Crippen LogP contribution in [0.2, 0.25) is 0 Å². The Hall–Kier alpha value is -3.25. The SMILES string of the molecule is COc1ccccc1-n1cc(-c2ccccc2Sc2ccc(N)cc2)nn1. The lowest BCUT2D eigenvalue weighted by molar-refractivity contribution is 0.411. The molecular weight excluding hydrogens is 356 g/mol. The van der Waals surface area contributed by atoms with Gasteiger partial charge in [0.05, 0.1) is 13.3 Å². The highest BCUT2D eigenvalue weighted by molar-refractivity contribution is 7.99. The summed E-state index contributed by atoms with van der Waals surface area (Å²) >= 11 is 1.67. The van der Waals surface area contributed by atoms with Crippen molar-refractivity contribution in [3.05, 3.63) is 79.0 Å². The smallest absolute Gasteiger partial charge is 0.144 e. The topological polar surface area (TPSA) is 66.0 Å². The predicted octanol–water partition coefficient (Wildman–Crippen LogP) is 4.68. The Bertz CT molecular complexity index is 1060. The van der Waals surface area contributed by atoms with E-state index >= 15 is 0 Å². The monoisotopic (exact) mass is 374 g/mol. The van der Waals surface area contributed by atoms with E-state index in [0.29, 0.717) is 0 Å². The zero-order valence-corrected chi connectivity index (χ0v) is 15.6. The molecule has 0 aliphatic heterocycles. The van der Waals surface area contributed by atoms with Crippen molar-refractivity contribution in [1.82, 2.24) is 15.0 Å². The fraction of sp³-hybridized carbons (Fsp3) is 0.0476. The first kappa shape index (κ1) is 17.2. The Labute approximate surface area is 161 Å². The maximum atomic E-state index is 5.78. The van der Waals surface area contributed by atoms with Crippen LogP contribution in [-0.4, -0.2) is 22.1 Å². The molecule has 5 nitrogen and oxygen atoms in total. The van der Waals surface area contributed by atoms with Crippen molar-refractivity contribution in [3.63, 3.8) is 0 Å². The molecule has 0 unspecified atom stereocenters. The van der Waals surface area contributed by atoms with Crippen molar-refractivity contribution >= 4 is 17.4 Å². The second-order valence-corrected chi connectivity index (χ2v) is 7.00. The van der Waals surface area contributed by atoms with E-state index < -0.39 is 0 Å². The van der Waals surface area contributed by atoms with Crippen LogP contribution in [0.25, 0.3) is 16.9 Å². The summed E-state index contributed by atoms with van der Waals surface area (Å²) in [5.74, 6) is 0.749. The number of ether oxygens (including phenoxy) is 1. The van der Waals surface area contributed by atoms with Crippen molar-refractivity contribution in [2.45, 2.75) is 9.79 Å². The molecule has 4 rings (SSSR count). The molecule has 27 heavy (non-hydrogen) atoms. The van der Waals surface area contributed by atoms with E-state index in [4.69, 9.17) is 10.5 Å². The van der Waals surface area contributed by atoms with E-state index in [0.717, 1.165) is 38.2 Å². The van der Waals surface area contributed by atoms with E-state index in [2.05, 4.69) is 22.4 Å². The van der Waals surface area contributed by atoms with E-state index in [-0.39, 0.29) is 0 Å². The number of hydrogen-bond acceptors (Lipinski definition) is 5. The van der Waals surface area contributed by atoms with Crippen LogP contribution >= 0.6 is 11.8 Å². The van der Waals surface area contributed by atoms with Crippen LogP contribution in [-0.2, 0) is 0 Å². The minimum atomic E-state index is 0.749. The molecule has 1 aromatic heterocycles. The van der Waals surface area contributed by atoms with Gasteiger partial charge in [-0.05, 0) is 42.5 Å². The molecule has 0 amide bonds. The average molecular weight is 374 g/mol. The number of para-hydroxylation sites is 2. The lowest BCUT2D eigenvalue weighted by Crippen LogP contribution is -1.98. The zero-order chi connectivity index (χ0) is 18.6. The third-order valence-corrected chi connectivity index (χ3v) is 5.18. The molecule has 0 bridgehead atoms. The molecule has 0 radical (unpaired) electrons. The summed E-state index contributed by atoms with van der Waals surface area (Å²) in [7, 11) is 1.65. The van der Waals surface area contributed by atoms with Crippen molar-refractivity contribution in [3.8, 4) is 22.7 Å². The summed E-state index contributed by atoms with van der Waals surface area (Å²) in [6.07, 6.45) is 1.92. The molecule has 0 aliphatic rings. The molecule has 134 valence electrons. The largest absolute Gasteiger partial charge is 0.494 e. The van der Waals surface area contributed by atoms with Gasteiger partial charge in [0, 0.05) is 21.0 Å². The zero-order valence-electron chi connectivity index (χ0n) is 14.7. The lowest BCUT2D eigenvalue weighted by atomic mass is 10.2. The number of benzene rings is 3. The summed E-state index contributed by atoms with van der Waals surface area (Å²) in [4.78, 5) is 2.23. The Morgan fingerprint density at radius 2 is 1.67 bits per heavy atom. The molecule has 0 saturated heterocycles. The first-order valence-electron chi connectivity index (χ1n) is 8.43. The van der Waals surface area contributed by atoms with Crippen molar-refractivity contribution < 1.29 is 4.74 Å². The third kappa shape index (κ3) is 3.66. The molecule has 0 fully saturated rings. The van der Waals surface area contributed by atoms with Gasteiger partial charge < -0.3 is 10.5 Å². The summed E-state index contributed by atoms with van der Waals surface area (Å²) in [6, 6.07) is 23.7. The van der Waals surface area contributed by atoms with E-state index in [1.807, 2.05) is 66.9 Å². The standard InChI is InChI=1S/C21H18N4OS/c1-26-20-8-4-3-7-19(20)25-14-18(23-24-25)17-6-2-5-9-21(17)27-16-12-10-15(22)11-13-16/h2-14H,22H2,1H3. The molecule has 6 heteroatoms. The Balaban J connectivity index is 1.69. The Kier molecular flexibility index (Phi) is 4.80.